The van der Waals surface area contributed by atoms with E-state index in [9.17, 15) is 14.7 Å². The molecule has 0 aromatic heterocycles. The third kappa shape index (κ3) is 4.30. The molecule has 0 radical (unpaired) electrons. The average molecular weight is 288 g/mol. The van der Waals surface area contributed by atoms with Gasteiger partial charge >= 0.3 is 12.0 Å². The van der Waals surface area contributed by atoms with Crippen LogP contribution < -0.4 is 5.32 Å². The van der Waals surface area contributed by atoms with E-state index in [0.717, 1.165) is 19.3 Å². The Morgan fingerprint density at radius 2 is 2.11 bits per heavy atom. The third-order valence-electron chi connectivity index (χ3n) is 3.18. The predicted octanol–water partition coefficient (Wildman–Crippen LogP) is 2.37. The first-order chi connectivity index (χ1) is 8.99. The van der Waals surface area contributed by atoms with E-state index in [4.69, 9.17) is 0 Å². The first kappa shape index (κ1) is 16.1. The number of carboxylic acids is 1. The molecule has 0 saturated carbocycles. The molecule has 1 saturated heterocycles. The number of carbonyl (C=O) groups is 2. The molecule has 0 spiro atoms. The van der Waals surface area contributed by atoms with Gasteiger partial charge in [0.1, 0.15) is 6.04 Å². The van der Waals surface area contributed by atoms with Gasteiger partial charge in [-0.05, 0) is 12.3 Å². The number of hydrogen-bond donors (Lipinski definition) is 2. The second-order valence-electron chi connectivity index (χ2n) is 5.17. The summed E-state index contributed by atoms with van der Waals surface area (Å²) < 4.78 is 0. The smallest absolute Gasteiger partial charge is 0.327 e. The zero-order chi connectivity index (χ0) is 14.4. The van der Waals surface area contributed by atoms with Crippen LogP contribution in [0.5, 0.6) is 0 Å². The summed E-state index contributed by atoms with van der Waals surface area (Å²) in [4.78, 5) is 24.9. The van der Waals surface area contributed by atoms with Gasteiger partial charge in [0.05, 0.1) is 5.37 Å². The minimum atomic E-state index is -0.917. The molecule has 2 amide bonds. The maximum Gasteiger partial charge on any atom is 0.327 e. The first-order valence-electron chi connectivity index (χ1n) is 6.89. The summed E-state index contributed by atoms with van der Waals surface area (Å²) in [6.07, 6.45) is 3.11. The lowest BCUT2D eigenvalue weighted by Gasteiger charge is -2.29. The lowest BCUT2D eigenvalue weighted by atomic mass is 10.1. The van der Waals surface area contributed by atoms with E-state index in [0.29, 0.717) is 12.3 Å². The van der Waals surface area contributed by atoms with E-state index in [1.54, 1.807) is 11.8 Å². The molecule has 0 aliphatic carbocycles. The Labute approximate surface area is 119 Å². The Bertz CT molecular complexity index is 323. The molecule has 0 aromatic rings. The summed E-state index contributed by atoms with van der Waals surface area (Å²) in [5.41, 5.74) is 0. The van der Waals surface area contributed by atoms with Gasteiger partial charge in [0, 0.05) is 12.3 Å². The van der Waals surface area contributed by atoms with Gasteiger partial charge in [0.15, 0.2) is 0 Å². The number of carbonyl (C=O) groups excluding carboxylic acids is 1. The summed E-state index contributed by atoms with van der Waals surface area (Å²) in [6.45, 7) is 6.75. The van der Waals surface area contributed by atoms with Crippen molar-refractivity contribution < 1.29 is 14.7 Å². The van der Waals surface area contributed by atoms with E-state index in [1.165, 1.54) is 4.90 Å². The molecule has 5 nitrogen and oxygen atoms in total. The van der Waals surface area contributed by atoms with Gasteiger partial charge in [-0.3, -0.25) is 4.90 Å². The van der Waals surface area contributed by atoms with Crippen LogP contribution in [0.2, 0.25) is 0 Å². The molecule has 2 unspecified atom stereocenters. The van der Waals surface area contributed by atoms with Gasteiger partial charge in [-0.15, -0.1) is 11.8 Å². The van der Waals surface area contributed by atoms with Crippen LogP contribution in [0.15, 0.2) is 0 Å². The molecule has 1 aliphatic rings. The highest BCUT2D eigenvalue weighted by Gasteiger charge is 2.42. The number of thioether (sulfide) groups is 1. The number of aliphatic carboxylic acids is 1. The summed E-state index contributed by atoms with van der Waals surface area (Å²) in [5.74, 6) is -0.198. The molecule has 0 aromatic carbocycles. The molecule has 1 fully saturated rings. The fourth-order valence-electron chi connectivity index (χ4n) is 2.15. The van der Waals surface area contributed by atoms with Crippen molar-refractivity contribution in [2.45, 2.75) is 51.4 Å². The van der Waals surface area contributed by atoms with Crippen molar-refractivity contribution in [1.29, 1.82) is 0 Å². The fraction of sp³-hybridized carbons (Fsp3) is 0.846. The lowest BCUT2D eigenvalue weighted by Crippen LogP contribution is -2.51. The highest BCUT2D eigenvalue weighted by atomic mass is 32.2. The second-order valence-corrected chi connectivity index (χ2v) is 6.32. The van der Waals surface area contributed by atoms with Crippen LogP contribution in [0.4, 0.5) is 4.79 Å². The molecule has 1 aliphatic heterocycles. The van der Waals surface area contributed by atoms with Crippen LogP contribution in [-0.4, -0.2) is 45.7 Å². The number of nitrogens with one attached hydrogen (secondary N) is 1. The fourth-order valence-corrected chi connectivity index (χ4v) is 3.62. The van der Waals surface area contributed by atoms with Gasteiger partial charge in [-0.2, -0.15) is 0 Å². The van der Waals surface area contributed by atoms with Crippen molar-refractivity contribution in [2.24, 2.45) is 5.92 Å². The topological polar surface area (TPSA) is 69.6 Å². The lowest BCUT2D eigenvalue weighted by molar-refractivity contribution is -0.141. The van der Waals surface area contributed by atoms with Crippen molar-refractivity contribution in [3.63, 3.8) is 0 Å². The van der Waals surface area contributed by atoms with E-state index in [2.05, 4.69) is 12.2 Å². The van der Waals surface area contributed by atoms with E-state index < -0.39 is 12.0 Å². The van der Waals surface area contributed by atoms with Gasteiger partial charge < -0.3 is 10.4 Å². The average Bonchev–Trinajstić information content (AvgIpc) is 2.79. The van der Waals surface area contributed by atoms with Gasteiger partial charge in [-0.25, -0.2) is 9.59 Å². The quantitative estimate of drug-likeness (QED) is 0.736. The number of amides is 2. The molecule has 2 atom stereocenters. The molecular weight excluding hydrogens is 264 g/mol. The number of urea groups is 1. The molecule has 1 heterocycles. The number of unbranched alkanes of at least 4 members (excludes halogenated alkanes) is 2. The Hall–Kier alpha value is -0.910. The highest BCUT2D eigenvalue weighted by Crippen LogP contribution is 2.33. The maximum absolute atomic E-state index is 12.2. The third-order valence-corrected chi connectivity index (χ3v) is 4.80. The monoisotopic (exact) mass is 288 g/mol. The molecule has 6 heteroatoms. The summed E-state index contributed by atoms with van der Waals surface area (Å²) >= 11 is 1.55. The predicted molar refractivity (Wildman–Crippen MR) is 77.3 cm³/mol. The van der Waals surface area contributed by atoms with E-state index >= 15 is 0 Å². The molecule has 2 N–H and O–H groups in total. The molecule has 1 rings (SSSR count). The minimum absolute atomic E-state index is 0.0488. The zero-order valence-electron chi connectivity index (χ0n) is 11.9. The number of hydrogen-bond acceptors (Lipinski definition) is 3. The van der Waals surface area contributed by atoms with Crippen molar-refractivity contribution in [3.8, 4) is 0 Å². The Kier molecular flexibility index (Phi) is 6.48. The van der Waals surface area contributed by atoms with Crippen LogP contribution in [0.25, 0.3) is 0 Å². The van der Waals surface area contributed by atoms with Crippen LogP contribution in [-0.2, 0) is 4.79 Å². The summed E-state index contributed by atoms with van der Waals surface area (Å²) in [5, 5.41) is 12.0. The first-order valence-corrected chi connectivity index (χ1v) is 7.94. The second kappa shape index (κ2) is 7.62. The van der Waals surface area contributed by atoms with Gasteiger partial charge in [-0.1, -0.05) is 33.6 Å². The van der Waals surface area contributed by atoms with E-state index in [1.807, 2.05) is 13.8 Å². The number of carboxylic acid groups (broad SMARTS) is 1. The SMILES string of the molecule is CCCCCNC(=O)N1C(C(=O)O)CSC1C(C)C. The highest BCUT2D eigenvalue weighted by molar-refractivity contribution is 8.00. The minimum Gasteiger partial charge on any atom is -0.480 e. The number of nitrogens with zero attached hydrogens (tertiary/aromatic N) is 1. The normalized spacial score (nSPS) is 22.8. The summed E-state index contributed by atoms with van der Waals surface area (Å²) in [6, 6.07) is -0.948. The molecule has 19 heavy (non-hydrogen) atoms. The largest absolute Gasteiger partial charge is 0.480 e. The van der Waals surface area contributed by atoms with Gasteiger partial charge in [0.2, 0.25) is 0 Å². The van der Waals surface area contributed by atoms with Crippen LogP contribution in [0, 0.1) is 5.92 Å². The molecule has 0 bridgehead atoms. The number of rotatable bonds is 6. The van der Waals surface area contributed by atoms with Crippen molar-refractivity contribution in [1.82, 2.24) is 10.2 Å². The van der Waals surface area contributed by atoms with Crippen molar-refractivity contribution >= 4 is 23.8 Å². The van der Waals surface area contributed by atoms with E-state index in [-0.39, 0.29) is 17.3 Å². The summed E-state index contributed by atoms with van der Waals surface area (Å²) in [7, 11) is 0. The van der Waals surface area contributed by atoms with Crippen LogP contribution in [0.3, 0.4) is 0 Å². The Balaban J connectivity index is 2.62. The van der Waals surface area contributed by atoms with Crippen molar-refractivity contribution in [3.05, 3.63) is 0 Å². The van der Waals surface area contributed by atoms with Crippen molar-refractivity contribution in [2.75, 3.05) is 12.3 Å². The molecular formula is C13H24N2O3S. The zero-order valence-corrected chi connectivity index (χ0v) is 12.7. The van der Waals surface area contributed by atoms with Crippen LogP contribution in [0.1, 0.15) is 40.0 Å². The van der Waals surface area contributed by atoms with Gasteiger partial charge in [0.25, 0.3) is 0 Å². The van der Waals surface area contributed by atoms with Crippen LogP contribution >= 0.6 is 11.8 Å². The maximum atomic E-state index is 12.2. The Morgan fingerprint density at radius 3 is 2.63 bits per heavy atom. The standard InChI is InChI=1S/C13H24N2O3S/c1-4-5-6-7-14-13(18)15-10(12(16)17)8-19-11(15)9(2)3/h9-11H,4-8H2,1-3H3,(H,14,18)(H,16,17). The molecule has 110 valence electrons. The Morgan fingerprint density at radius 1 is 1.42 bits per heavy atom.